The van der Waals surface area contributed by atoms with Gasteiger partial charge in [-0.25, -0.2) is 13.2 Å². The molecule has 1 nitrogen and oxygen atoms in total. The lowest BCUT2D eigenvalue weighted by molar-refractivity contribution is 0.146. The van der Waals surface area contributed by atoms with Crippen molar-refractivity contribution in [2.75, 3.05) is 6.54 Å². The third-order valence-electron chi connectivity index (χ3n) is 3.09. The molecule has 82 valence electrons. The smallest absolute Gasteiger partial charge is 0.266 e. The lowest BCUT2D eigenvalue weighted by Gasteiger charge is -2.13. The van der Waals surface area contributed by atoms with Gasteiger partial charge in [0, 0.05) is 12.0 Å². The quantitative estimate of drug-likeness (QED) is 0.824. The lowest BCUT2D eigenvalue weighted by atomic mass is 9.95. The third kappa shape index (κ3) is 1.74. The van der Waals surface area contributed by atoms with Crippen molar-refractivity contribution >= 4 is 0 Å². The van der Waals surface area contributed by atoms with E-state index in [0.29, 0.717) is 6.54 Å². The molecular weight excluding hydrogens is 203 g/mol. The first kappa shape index (κ1) is 10.5. The summed E-state index contributed by atoms with van der Waals surface area (Å²) in [6, 6.07) is 3.91. The highest BCUT2D eigenvalue weighted by Gasteiger charge is 2.43. The van der Waals surface area contributed by atoms with Gasteiger partial charge in [0.2, 0.25) is 0 Å². The van der Waals surface area contributed by atoms with Crippen LogP contribution in [0.25, 0.3) is 0 Å². The molecule has 15 heavy (non-hydrogen) atoms. The van der Waals surface area contributed by atoms with Crippen LogP contribution < -0.4 is 5.73 Å². The second-order valence-electron chi connectivity index (χ2n) is 4.02. The Morgan fingerprint density at radius 1 is 1.33 bits per heavy atom. The molecule has 0 bridgehead atoms. The Morgan fingerprint density at radius 3 is 2.40 bits per heavy atom. The monoisotopic (exact) mass is 215 g/mol. The molecule has 2 N–H and O–H groups in total. The number of alkyl halides is 2. The summed E-state index contributed by atoms with van der Waals surface area (Å²) in [5.74, 6) is -0.831. The van der Waals surface area contributed by atoms with Gasteiger partial charge in [0.15, 0.2) is 0 Å². The van der Waals surface area contributed by atoms with Crippen molar-refractivity contribution in [3.05, 3.63) is 35.1 Å². The normalized spacial score (nSPS) is 18.2. The van der Waals surface area contributed by atoms with Crippen LogP contribution in [0.15, 0.2) is 18.2 Å². The zero-order valence-corrected chi connectivity index (χ0v) is 8.14. The molecule has 0 spiro atoms. The van der Waals surface area contributed by atoms with E-state index in [1.807, 2.05) is 0 Å². The van der Waals surface area contributed by atoms with Crippen molar-refractivity contribution in [1.29, 1.82) is 0 Å². The van der Waals surface area contributed by atoms with E-state index in [1.165, 1.54) is 6.07 Å². The third-order valence-corrected chi connectivity index (χ3v) is 3.09. The fraction of sp³-hybridized carbons (Fsp3) is 0.455. The zero-order valence-electron chi connectivity index (χ0n) is 8.14. The van der Waals surface area contributed by atoms with E-state index in [9.17, 15) is 13.2 Å². The first-order valence-electron chi connectivity index (χ1n) is 4.87. The van der Waals surface area contributed by atoms with Crippen LogP contribution in [0.1, 0.15) is 30.4 Å². The highest BCUT2D eigenvalue weighted by molar-refractivity contribution is 5.35. The molecule has 4 heteroatoms. The SMILES string of the molecule is NCC1(c2ccc(C(F)F)c(F)c2)CC1. The summed E-state index contributed by atoms with van der Waals surface area (Å²) in [4.78, 5) is 0. The van der Waals surface area contributed by atoms with Crippen LogP contribution in [0.5, 0.6) is 0 Å². The predicted octanol–water partition coefficient (Wildman–Crippen LogP) is 2.75. The van der Waals surface area contributed by atoms with Crippen LogP contribution in [0.2, 0.25) is 0 Å². The summed E-state index contributed by atoms with van der Waals surface area (Å²) in [5, 5.41) is 0. The molecule has 2 rings (SSSR count). The summed E-state index contributed by atoms with van der Waals surface area (Å²) in [6.45, 7) is 0.445. The molecule has 0 amide bonds. The molecule has 0 aliphatic heterocycles. The number of hydrogen-bond acceptors (Lipinski definition) is 1. The van der Waals surface area contributed by atoms with Crippen molar-refractivity contribution in [2.45, 2.75) is 24.7 Å². The van der Waals surface area contributed by atoms with E-state index in [4.69, 9.17) is 5.73 Å². The van der Waals surface area contributed by atoms with E-state index in [1.54, 1.807) is 6.07 Å². The Morgan fingerprint density at radius 2 is 2.00 bits per heavy atom. The van der Waals surface area contributed by atoms with Crippen LogP contribution in [0.3, 0.4) is 0 Å². The van der Waals surface area contributed by atoms with E-state index in [-0.39, 0.29) is 5.41 Å². The molecule has 1 saturated carbocycles. The molecule has 1 aromatic carbocycles. The van der Waals surface area contributed by atoms with Crippen LogP contribution in [-0.4, -0.2) is 6.54 Å². The minimum absolute atomic E-state index is 0.151. The second-order valence-corrected chi connectivity index (χ2v) is 4.02. The van der Waals surface area contributed by atoms with Gasteiger partial charge >= 0.3 is 0 Å². The standard InChI is InChI=1S/C11H12F3N/c12-9-5-7(11(6-15)3-4-11)1-2-8(9)10(13)14/h1-2,5,10H,3-4,6,15H2. The summed E-state index contributed by atoms with van der Waals surface area (Å²) < 4.78 is 37.9. The first-order valence-corrected chi connectivity index (χ1v) is 4.87. The van der Waals surface area contributed by atoms with Gasteiger partial charge in [-0.15, -0.1) is 0 Å². The summed E-state index contributed by atoms with van der Waals surface area (Å²) in [7, 11) is 0. The van der Waals surface area contributed by atoms with E-state index in [0.717, 1.165) is 24.5 Å². The number of benzene rings is 1. The number of halogens is 3. The maximum atomic E-state index is 13.3. The molecule has 1 fully saturated rings. The fourth-order valence-corrected chi connectivity index (χ4v) is 1.80. The van der Waals surface area contributed by atoms with Gasteiger partial charge in [-0.05, 0) is 24.5 Å². The summed E-state index contributed by atoms with van der Waals surface area (Å²) >= 11 is 0. The van der Waals surface area contributed by atoms with Crippen LogP contribution >= 0.6 is 0 Å². The van der Waals surface area contributed by atoms with Crippen LogP contribution in [0.4, 0.5) is 13.2 Å². The average Bonchev–Trinajstić information content (AvgIpc) is 2.97. The fourth-order valence-electron chi connectivity index (χ4n) is 1.80. The minimum Gasteiger partial charge on any atom is -0.330 e. The molecular formula is C11H12F3N. The Bertz CT molecular complexity index is 372. The molecule has 0 saturated heterocycles. The highest BCUT2D eigenvalue weighted by Crippen LogP contribution is 2.47. The maximum absolute atomic E-state index is 13.3. The van der Waals surface area contributed by atoms with Crippen LogP contribution in [-0.2, 0) is 5.41 Å². The maximum Gasteiger partial charge on any atom is 0.266 e. The molecule has 0 radical (unpaired) electrons. The average molecular weight is 215 g/mol. The molecule has 1 aromatic rings. The Hall–Kier alpha value is -1.03. The van der Waals surface area contributed by atoms with Crippen molar-refractivity contribution in [1.82, 2.24) is 0 Å². The van der Waals surface area contributed by atoms with Crippen molar-refractivity contribution in [2.24, 2.45) is 5.73 Å². The molecule has 0 heterocycles. The Labute approximate surface area is 86.1 Å². The van der Waals surface area contributed by atoms with Gasteiger partial charge in [0.25, 0.3) is 6.43 Å². The number of rotatable bonds is 3. The second kappa shape index (κ2) is 3.52. The van der Waals surface area contributed by atoms with Crippen molar-refractivity contribution in [3.8, 4) is 0 Å². The van der Waals surface area contributed by atoms with Gasteiger partial charge in [-0.1, -0.05) is 12.1 Å². The lowest BCUT2D eigenvalue weighted by Crippen LogP contribution is -2.19. The highest BCUT2D eigenvalue weighted by atomic mass is 19.3. The minimum atomic E-state index is -2.76. The van der Waals surface area contributed by atoms with Crippen molar-refractivity contribution in [3.63, 3.8) is 0 Å². The summed E-state index contributed by atoms with van der Waals surface area (Å²) in [5.41, 5.74) is 5.63. The summed E-state index contributed by atoms with van der Waals surface area (Å²) in [6.07, 6.45) is -0.930. The van der Waals surface area contributed by atoms with Crippen molar-refractivity contribution < 1.29 is 13.2 Å². The van der Waals surface area contributed by atoms with Gasteiger partial charge in [0.1, 0.15) is 5.82 Å². The zero-order chi connectivity index (χ0) is 11.1. The molecule has 1 aliphatic rings. The molecule has 1 aliphatic carbocycles. The molecule has 0 unspecified atom stereocenters. The van der Waals surface area contributed by atoms with E-state index in [2.05, 4.69) is 0 Å². The van der Waals surface area contributed by atoms with E-state index >= 15 is 0 Å². The first-order chi connectivity index (χ1) is 7.09. The Kier molecular flexibility index (Phi) is 2.46. The van der Waals surface area contributed by atoms with Gasteiger partial charge < -0.3 is 5.73 Å². The number of hydrogen-bond donors (Lipinski definition) is 1. The molecule has 0 aromatic heterocycles. The Balaban J connectivity index is 2.34. The van der Waals surface area contributed by atoms with Gasteiger partial charge in [0.05, 0.1) is 5.56 Å². The topological polar surface area (TPSA) is 26.0 Å². The predicted molar refractivity (Wildman–Crippen MR) is 51.3 cm³/mol. The number of nitrogens with two attached hydrogens (primary N) is 1. The van der Waals surface area contributed by atoms with E-state index < -0.39 is 17.8 Å². The molecule has 0 atom stereocenters. The van der Waals surface area contributed by atoms with Crippen LogP contribution in [0, 0.1) is 5.82 Å². The van der Waals surface area contributed by atoms with Gasteiger partial charge in [-0.3, -0.25) is 0 Å². The largest absolute Gasteiger partial charge is 0.330 e. The van der Waals surface area contributed by atoms with Gasteiger partial charge in [-0.2, -0.15) is 0 Å².